The fourth-order valence-corrected chi connectivity index (χ4v) is 1.65. The molecule has 1 atom stereocenters. The summed E-state index contributed by atoms with van der Waals surface area (Å²) in [5.74, 6) is 0. The van der Waals surface area contributed by atoms with Gasteiger partial charge < -0.3 is 5.73 Å². The number of hydrogen-bond donors (Lipinski definition) is 1. The molecule has 0 bridgehead atoms. The van der Waals surface area contributed by atoms with Crippen molar-refractivity contribution in [1.82, 2.24) is 4.90 Å². The first-order valence-corrected chi connectivity index (χ1v) is 4.19. The van der Waals surface area contributed by atoms with Crippen LogP contribution < -0.4 is 5.73 Å². The van der Waals surface area contributed by atoms with Gasteiger partial charge in [-0.1, -0.05) is 0 Å². The van der Waals surface area contributed by atoms with Gasteiger partial charge in [0.05, 0.1) is 6.07 Å². The fraction of sp³-hybridized carbons (Fsp3) is 0.875. The topological polar surface area (TPSA) is 53.0 Å². The predicted octanol–water partition coefficient (Wildman–Crippen LogP) is 0.323. The van der Waals surface area contributed by atoms with Crippen molar-refractivity contribution in [3.05, 3.63) is 0 Å². The largest absolute Gasteiger partial charge is 0.329 e. The maximum absolute atomic E-state index is 8.38. The first kappa shape index (κ1) is 8.51. The number of nitrogens with two attached hydrogens (primary N) is 1. The molecule has 1 heterocycles. The van der Waals surface area contributed by atoms with E-state index in [-0.39, 0.29) is 0 Å². The molecule has 3 heteroatoms. The molecule has 62 valence electrons. The van der Waals surface area contributed by atoms with Gasteiger partial charge in [0.25, 0.3) is 0 Å². The van der Waals surface area contributed by atoms with Crippen LogP contribution in [0.2, 0.25) is 0 Å². The zero-order valence-corrected chi connectivity index (χ0v) is 6.79. The van der Waals surface area contributed by atoms with E-state index in [1.807, 2.05) is 0 Å². The van der Waals surface area contributed by atoms with E-state index in [0.29, 0.717) is 12.5 Å². The molecule has 3 nitrogen and oxygen atoms in total. The molecule has 0 saturated carbocycles. The highest BCUT2D eigenvalue weighted by Gasteiger charge is 2.21. The Bertz CT molecular complexity index is 150. The van der Waals surface area contributed by atoms with E-state index in [4.69, 9.17) is 11.0 Å². The maximum Gasteiger partial charge on any atom is 0.0635 e. The van der Waals surface area contributed by atoms with Crippen LogP contribution in [-0.4, -0.2) is 30.6 Å². The highest BCUT2D eigenvalue weighted by Crippen LogP contribution is 2.15. The normalized spacial score (nSPS) is 25.3. The summed E-state index contributed by atoms with van der Waals surface area (Å²) in [6.07, 6.45) is 3.09. The molecule has 0 aromatic rings. The average Bonchev–Trinajstić information content (AvgIpc) is 2.47. The van der Waals surface area contributed by atoms with Gasteiger partial charge in [-0.15, -0.1) is 0 Å². The molecule has 1 aliphatic heterocycles. The monoisotopic (exact) mass is 153 g/mol. The molecule has 11 heavy (non-hydrogen) atoms. The molecule has 0 aromatic heterocycles. The summed E-state index contributed by atoms with van der Waals surface area (Å²) < 4.78 is 0. The lowest BCUT2D eigenvalue weighted by molar-refractivity contribution is 0.264. The molecule has 2 N–H and O–H groups in total. The molecule has 0 radical (unpaired) electrons. The summed E-state index contributed by atoms with van der Waals surface area (Å²) in [5.41, 5.74) is 5.57. The van der Waals surface area contributed by atoms with E-state index in [2.05, 4.69) is 11.0 Å². The van der Waals surface area contributed by atoms with Crippen molar-refractivity contribution < 1.29 is 0 Å². The Balaban J connectivity index is 2.27. The highest BCUT2D eigenvalue weighted by atomic mass is 15.2. The second-order valence-electron chi connectivity index (χ2n) is 2.98. The predicted molar refractivity (Wildman–Crippen MR) is 43.9 cm³/mol. The van der Waals surface area contributed by atoms with Gasteiger partial charge in [-0.2, -0.15) is 5.26 Å². The van der Waals surface area contributed by atoms with E-state index in [1.54, 1.807) is 0 Å². The summed E-state index contributed by atoms with van der Waals surface area (Å²) >= 11 is 0. The van der Waals surface area contributed by atoms with Crippen molar-refractivity contribution >= 4 is 0 Å². The smallest absolute Gasteiger partial charge is 0.0635 e. The minimum atomic E-state index is 0.545. The summed E-state index contributed by atoms with van der Waals surface area (Å²) in [6, 6.07) is 2.70. The Labute approximate surface area is 67.8 Å². The summed E-state index contributed by atoms with van der Waals surface area (Å²) in [6.45, 7) is 2.77. The van der Waals surface area contributed by atoms with Gasteiger partial charge in [0.1, 0.15) is 0 Å². The second kappa shape index (κ2) is 4.32. The first-order chi connectivity index (χ1) is 5.38. The van der Waals surface area contributed by atoms with Gasteiger partial charge in [0.15, 0.2) is 0 Å². The quantitative estimate of drug-likeness (QED) is 0.635. The molecule has 0 aliphatic carbocycles. The standard InChI is InChI=1S/C8H15N3/c9-4-2-6-11-5-1-3-8(11)7-10/h8H,1-3,5-7,10H2. The Kier molecular flexibility index (Phi) is 3.34. The van der Waals surface area contributed by atoms with Gasteiger partial charge in [0, 0.05) is 25.6 Å². The van der Waals surface area contributed by atoms with Crippen molar-refractivity contribution in [3.8, 4) is 6.07 Å². The summed E-state index contributed by atoms with van der Waals surface area (Å²) in [4.78, 5) is 2.32. The maximum atomic E-state index is 8.38. The number of likely N-dealkylation sites (tertiary alicyclic amines) is 1. The third-order valence-corrected chi connectivity index (χ3v) is 2.28. The minimum absolute atomic E-state index is 0.545. The molecule has 1 unspecified atom stereocenters. The number of rotatable bonds is 3. The lowest BCUT2D eigenvalue weighted by Crippen LogP contribution is -2.35. The third-order valence-electron chi connectivity index (χ3n) is 2.28. The highest BCUT2D eigenvalue weighted by molar-refractivity contribution is 4.82. The zero-order chi connectivity index (χ0) is 8.10. The van der Waals surface area contributed by atoms with Gasteiger partial charge >= 0.3 is 0 Å². The van der Waals surface area contributed by atoms with Gasteiger partial charge in [-0.25, -0.2) is 0 Å². The molecule has 1 aliphatic rings. The third kappa shape index (κ3) is 2.18. The van der Waals surface area contributed by atoms with Gasteiger partial charge in [0.2, 0.25) is 0 Å². The lowest BCUT2D eigenvalue weighted by Gasteiger charge is -2.21. The number of nitriles is 1. The number of nitrogens with zero attached hydrogens (tertiary/aromatic N) is 2. The Morgan fingerprint density at radius 1 is 1.64 bits per heavy atom. The van der Waals surface area contributed by atoms with Crippen molar-refractivity contribution in [1.29, 1.82) is 5.26 Å². The van der Waals surface area contributed by atoms with E-state index in [9.17, 15) is 0 Å². The molecule has 0 spiro atoms. The van der Waals surface area contributed by atoms with Crippen molar-refractivity contribution in [2.45, 2.75) is 25.3 Å². The molecule has 1 rings (SSSR count). The van der Waals surface area contributed by atoms with Crippen LogP contribution in [0.3, 0.4) is 0 Å². The second-order valence-corrected chi connectivity index (χ2v) is 2.98. The van der Waals surface area contributed by atoms with Crippen LogP contribution in [0.5, 0.6) is 0 Å². The Hall–Kier alpha value is -0.590. The molecule has 0 aromatic carbocycles. The van der Waals surface area contributed by atoms with E-state index in [1.165, 1.54) is 12.8 Å². The van der Waals surface area contributed by atoms with Gasteiger partial charge in [-0.05, 0) is 19.4 Å². The molecule has 0 amide bonds. The first-order valence-electron chi connectivity index (χ1n) is 4.19. The Morgan fingerprint density at radius 2 is 2.45 bits per heavy atom. The number of hydrogen-bond acceptors (Lipinski definition) is 3. The Morgan fingerprint density at radius 3 is 3.09 bits per heavy atom. The van der Waals surface area contributed by atoms with Crippen molar-refractivity contribution in [2.75, 3.05) is 19.6 Å². The van der Waals surface area contributed by atoms with Crippen molar-refractivity contribution in [3.63, 3.8) is 0 Å². The average molecular weight is 153 g/mol. The fourth-order valence-electron chi connectivity index (χ4n) is 1.65. The van der Waals surface area contributed by atoms with E-state index in [0.717, 1.165) is 19.6 Å². The lowest BCUT2D eigenvalue weighted by atomic mass is 10.2. The summed E-state index contributed by atoms with van der Waals surface area (Å²) in [5, 5.41) is 8.38. The van der Waals surface area contributed by atoms with Crippen LogP contribution in [0.25, 0.3) is 0 Å². The van der Waals surface area contributed by atoms with Crippen LogP contribution in [0.15, 0.2) is 0 Å². The molecular weight excluding hydrogens is 138 g/mol. The summed E-state index contributed by atoms with van der Waals surface area (Å²) in [7, 11) is 0. The van der Waals surface area contributed by atoms with Gasteiger partial charge in [-0.3, -0.25) is 4.90 Å². The van der Waals surface area contributed by atoms with Crippen LogP contribution in [-0.2, 0) is 0 Å². The van der Waals surface area contributed by atoms with Crippen LogP contribution in [0, 0.1) is 11.3 Å². The van der Waals surface area contributed by atoms with Crippen molar-refractivity contribution in [2.24, 2.45) is 5.73 Å². The SMILES string of the molecule is N#CCCN1CCCC1CN. The molecule has 1 saturated heterocycles. The molecule has 1 fully saturated rings. The molecular formula is C8H15N3. The van der Waals surface area contributed by atoms with Crippen LogP contribution >= 0.6 is 0 Å². The van der Waals surface area contributed by atoms with Crippen LogP contribution in [0.4, 0.5) is 0 Å². The zero-order valence-electron chi connectivity index (χ0n) is 6.79. The van der Waals surface area contributed by atoms with Crippen LogP contribution in [0.1, 0.15) is 19.3 Å². The van der Waals surface area contributed by atoms with E-state index >= 15 is 0 Å². The minimum Gasteiger partial charge on any atom is -0.329 e. The van der Waals surface area contributed by atoms with E-state index < -0.39 is 0 Å².